The molecule has 6 heteroatoms. The molecule has 2 rings (SSSR count). The maximum absolute atomic E-state index is 13.7. The van der Waals surface area contributed by atoms with E-state index in [0.717, 1.165) is 12.5 Å². The average Bonchev–Trinajstić information content (AvgIpc) is 2.38. The average molecular weight is 286 g/mol. The van der Waals surface area contributed by atoms with Gasteiger partial charge in [0.1, 0.15) is 11.9 Å². The highest BCUT2D eigenvalue weighted by Crippen LogP contribution is 2.25. The lowest BCUT2D eigenvalue weighted by Crippen LogP contribution is -2.48. The molecule has 1 aliphatic rings. The molecule has 0 bridgehead atoms. The summed E-state index contributed by atoms with van der Waals surface area (Å²) in [4.78, 5) is 24.6. The maximum atomic E-state index is 13.7. The van der Waals surface area contributed by atoms with E-state index in [1.165, 1.54) is 17.0 Å². The number of hydrogen-bond acceptors (Lipinski definition) is 2. The summed E-state index contributed by atoms with van der Waals surface area (Å²) in [5.41, 5.74) is -0.252. The fraction of sp³-hybridized carbons (Fsp3) is 0.385. The Morgan fingerprint density at radius 1 is 1.37 bits per heavy atom. The first kappa shape index (κ1) is 13.8. The molecule has 0 saturated carbocycles. The second-order valence-electron chi connectivity index (χ2n) is 4.45. The van der Waals surface area contributed by atoms with Gasteiger partial charge in [-0.25, -0.2) is 9.18 Å². The zero-order chi connectivity index (χ0) is 14.0. The van der Waals surface area contributed by atoms with Crippen LogP contribution in [-0.2, 0) is 4.79 Å². The highest BCUT2D eigenvalue weighted by molar-refractivity contribution is 6.33. The van der Waals surface area contributed by atoms with E-state index < -0.39 is 23.7 Å². The van der Waals surface area contributed by atoms with Crippen molar-refractivity contribution in [2.75, 3.05) is 6.54 Å². The van der Waals surface area contributed by atoms with Crippen molar-refractivity contribution in [1.29, 1.82) is 0 Å². The molecule has 4 nitrogen and oxygen atoms in total. The van der Waals surface area contributed by atoms with Crippen LogP contribution in [0, 0.1) is 5.82 Å². The Labute approximate surface area is 114 Å². The zero-order valence-electron chi connectivity index (χ0n) is 10.1. The molecule has 0 aliphatic carbocycles. The number of halogens is 2. The highest BCUT2D eigenvalue weighted by atomic mass is 35.5. The topological polar surface area (TPSA) is 57.6 Å². The van der Waals surface area contributed by atoms with E-state index in [1.54, 1.807) is 0 Å². The lowest BCUT2D eigenvalue weighted by atomic mass is 10.0. The summed E-state index contributed by atoms with van der Waals surface area (Å²) in [6, 6.07) is 3.05. The van der Waals surface area contributed by atoms with Crippen molar-refractivity contribution in [2.45, 2.75) is 25.3 Å². The first-order chi connectivity index (χ1) is 9.02. The van der Waals surface area contributed by atoms with Crippen molar-refractivity contribution in [3.8, 4) is 0 Å². The molecule has 1 fully saturated rings. The van der Waals surface area contributed by atoms with Crippen LogP contribution in [0.1, 0.15) is 29.6 Å². The third kappa shape index (κ3) is 2.71. The number of amides is 1. The number of piperidine rings is 1. The summed E-state index contributed by atoms with van der Waals surface area (Å²) in [5, 5.41) is 9.12. The third-order valence-corrected chi connectivity index (χ3v) is 3.54. The minimum absolute atomic E-state index is 0.000266. The predicted molar refractivity (Wildman–Crippen MR) is 67.7 cm³/mol. The van der Waals surface area contributed by atoms with E-state index in [1.807, 2.05) is 0 Å². The largest absolute Gasteiger partial charge is 0.480 e. The van der Waals surface area contributed by atoms with Gasteiger partial charge in [-0.3, -0.25) is 4.79 Å². The monoisotopic (exact) mass is 285 g/mol. The molecule has 1 N–H and O–H groups in total. The van der Waals surface area contributed by atoms with Gasteiger partial charge in [0, 0.05) is 6.54 Å². The number of likely N-dealkylation sites (tertiary alicyclic amines) is 1. The van der Waals surface area contributed by atoms with E-state index >= 15 is 0 Å². The molecular formula is C13H13ClFNO3. The van der Waals surface area contributed by atoms with Gasteiger partial charge in [0.05, 0.1) is 10.6 Å². The summed E-state index contributed by atoms with van der Waals surface area (Å²) in [5.74, 6) is -2.46. The molecule has 0 spiro atoms. The van der Waals surface area contributed by atoms with Gasteiger partial charge in [-0.2, -0.15) is 0 Å². The lowest BCUT2D eigenvalue weighted by Gasteiger charge is -2.33. The molecule has 0 unspecified atom stereocenters. The van der Waals surface area contributed by atoms with E-state index in [-0.39, 0.29) is 10.6 Å². The summed E-state index contributed by atoms with van der Waals surface area (Å²) < 4.78 is 13.7. The van der Waals surface area contributed by atoms with Crippen LogP contribution in [0.15, 0.2) is 18.2 Å². The Kier molecular flexibility index (Phi) is 4.04. The number of rotatable bonds is 2. The molecule has 0 radical (unpaired) electrons. The summed E-state index contributed by atoms with van der Waals surface area (Å²) in [6.45, 7) is 0.306. The number of nitrogens with zero attached hydrogens (tertiary/aromatic N) is 1. The van der Waals surface area contributed by atoms with Gasteiger partial charge in [-0.05, 0) is 31.4 Å². The first-order valence-corrected chi connectivity index (χ1v) is 6.38. The number of carboxylic acids is 1. The summed E-state index contributed by atoms with van der Waals surface area (Å²) in [6.07, 6.45) is 1.83. The van der Waals surface area contributed by atoms with Crippen LogP contribution in [0.25, 0.3) is 0 Å². The number of hydrogen-bond donors (Lipinski definition) is 1. The van der Waals surface area contributed by atoms with Crippen molar-refractivity contribution < 1.29 is 19.1 Å². The molecule has 19 heavy (non-hydrogen) atoms. The number of carbonyl (C=O) groups excluding carboxylic acids is 1. The Bertz CT molecular complexity index is 500. The van der Waals surface area contributed by atoms with Crippen LogP contribution in [0.5, 0.6) is 0 Å². The smallest absolute Gasteiger partial charge is 0.326 e. The van der Waals surface area contributed by atoms with Gasteiger partial charge in [-0.15, -0.1) is 0 Å². The van der Waals surface area contributed by atoms with E-state index in [9.17, 15) is 14.0 Å². The van der Waals surface area contributed by atoms with Crippen LogP contribution in [0.4, 0.5) is 4.39 Å². The van der Waals surface area contributed by atoms with Gasteiger partial charge in [0.25, 0.3) is 5.91 Å². The standard InChI is InChI=1S/C13H13ClFNO3/c14-8-4-3-5-9(15)11(8)12(17)16-7-2-1-6-10(16)13(18)19/h3-5,10H,1-2,6-7H2,(H,18,19)/t10-/m1/s1. The zero-order valence-corrected chi connectivity index (χ0v) is 10.9. The molecule has 1 aromatic rings. The van der Waals surface area contributed by atoms with Gasteiger partial charge in [0.2, 0.25) is 0 Å². The van der Waals surface area contributed by atoms with Crippen molar-refractivity contribution >= 4 is 23.5 Å². The highest BCUT2D eigenvalue weighted by Gasteiger charge is 2.34. The van der Waals surface area contributed by atoms with Crippen molar-refractivity contribution in [3.05, 3.63) is 34.6 Å². The minimum Gasteiger partial charge on any atom is -0.480 e. The molecule has 1 atom stereocenters. The maximum Gasteiger partial charge on any atom is 0.326 e. The fourth-order valence-corrected chi connectivity index (χ4v) is 2.52. The molecule has 1 aromatic carbocycles. The number of carboxylic acid groups (broad SMARTS) is 1. The quantitative estimate of drug-likeness (QED) is 0.908. The van der Waals surface area contributed by atoms with Gasteiger partial charge in [-0.1, -0.05) is 17.7 Å². The molecule has 102 valence electrons. The van der Waals surface area contributed by atoms with Crippen molar-refractivity contribution in [1.82, 2.24) is 4.90 Å². The van der Waals surface area contributed by atoms with Crippen molar-refractivity contribution in [3.63, 3.8) is 0 Å². The Hall–Kier alpha value is -1.62. The number of benzene rings is 1. The number of carbonyl (C=O) groups is 2. The van der Waals surface area contributed by atoms with Crippen LogP contribution in [0.2, 0.25) is 5.02 Å². The fourth-order valence-electron chi connectivity index (χ4n) is 2.28. The lowest BCUT2D eigenvalue weighted by molar-refractivity contribution is -0.143. The summed E-state index contributed by atoms with van der Waals surface area (Å²) >= 11 is 5.84. The van der Waals surface area contributed by atoms with Crippen LogP contribution < -0.4 is 0 Å². The van der Waals surface area contributed by atoms with Crippen LogP contribution in [0.3, 0.4) is 0 Å². The normalized spacial score (nSPS) is 19.3. The Balaban J connectivity index is 2.34. The molecular weight excluding hydrogens is 273 g/mol. The van der Waals surface area contributed by atoms with E-state index in [0.29, 0.717) is 19.4 Å². The van der Waals surface area contributed by atoms with Crippen LogP contribution in [-0.4, -0.2) is 34.5 Å². The number of aliphatic carboxylic acids is 1. The van der Waals surface area contributed by atoms with Gasteiger partial charge >= 0.3 is 5.97 Å². The molecule has 1 heterocycles. The molecule has 1 saturated heterocycles. The minimum atomic E-state index is -1.07. The van der Waals surface area contributed by atoms with E-state index in [4.69, 9.17) is 16.7 Å². The first-order valence-electron chi connectivity index (χ1n) is 6.00. The van der Waals surface area contributed by atoms with Crippen molar-refractivity contribution in [2.24, 2.45) is 0 Å². The van der Waals surface area contributed by atoms with Crippen LogP contribution >= 0.6 is 11.6 Å². The second kappa shape index (κ2) is 5.57. The predicted octanol–water partition coefficient (Wildman–Crippen LogP) is 2.56. The van der Waals surface area contributed by atoms with E-state index in [2.05, 4.69) is 0 Å². The second-order valence-corrected chi connectivity index (χ2v) is 4.85. The Morgan fingerprint density at radius 3 is 2.74 bits per heavy atom. The summed E-state index contributed by atoms with van der Waals surface area (Å²) in [7, 11) is 0. The van der Waals surface area contributed by atoms with Gasteiger partial charge in [0.15, 0.2) is 0 Å². The molecule has 0 aromatic heterocycles. The SMILES string of the molecule is O=C(O)[C@H]1CCCCN1C(=O)c1c(F)cccc1Cl. The molecule has 1 aliphatic heterocycles. The Morgan fingerprint density at radius 2 is 2.11 bits per heavy atom. The van der Waals surface area contributed by atoms with Gasteiger partial charge < -0.3 is 10.0 Å². The molecule has 1 amide bonds. The third-order valence-electron chi connectivity index (χ3n) is 3.23.